The normalized spacial score (nSPS) is 12.5. The van der Waals surface area contributed by atoms with Gasteiger partial charge in [0.1, 0.15) is 6.23 Å². The minimum atomic E-state index is -0.296. The smallest absolute Gasteiger partial charge is 0.188 e. The maximum Gasteiger partial charge on any atom is 0.188 e. The Kier molecular flexibility index (Phi) is 6.41. The molecular weight excluding hydrogens is 158 g/mol. The minimum Gasteiger partial charge on any atom is -0.379 e. The van der Waals surface area contributed by atoms with E-state index in [1.807, 2.05) is 6.92 Å². The Morgan fingerprint density at radius 1 is 1.42 bits per heavy atom. The second-order valence-corrected chi connectivity index (χ2v) is 2.22. The first-order valence-electron chi connectivity index (χ1n) is 3.95. The summed E-state index contributed by atoms with van der Waals surface area (Å²) < 4.78 is 10.2. The van der Waals surface area contributed by atoms with Crippen LogP contribution in [0, 0.1) is 0 Å². The molecule has 0 saturated carbocycles. The topological polar surface area (TPSA) is 82.9 Å². The van der Waals surface area contributed by atoms with Gasteiger partial charge in [-0.15, -0.1) is 0 Å². The van der Waals surface area contributed by atoms with E-state index in [1.165, 1.54) is 0 Å². The van der Waals surface area contributed by atoms with Crippen LogP contribution in [-0.4, -0.2) is 32.0 Å². The Balaban J connectivity index is 3.32. The zero-order valence-electron chi connectivity index (χ0n) is 7.62. The van der Waals surface area contributed by atoms with E-state index < -0.39 is 0 Å². The summed E-state index contributed by atoms with van der Waals surface area (Å²) in [7, 11) is 0. The Labute approximate surface area is 72.7 Å². The van der Waals surface area contributed by atoms with Gasteiger partial charge < -0.3 is 20.9 Å². The lowest BCUT2D eigenvalue weighted by atomic mass is 10.6. The van der Waals surface area contributed by atoms with Gasteiger partial charge in [0.2, 0.25) is 0 Å². The third-order valence-electron chi connectivity index (χ3n) is 1.12. The largest absolute Gasteiger partial charge is 0.379 e. The third kappa shape index (κ3) is 7.30. The summed E-state index contributed by atoms with van der Waals surface area (Å²) in [4.78, 5) is 3.77. The van der Waals surface area contributed by atoms with Gasteiger partial charge in [-0.25, -0.2) is 4.99 Å². The summed E-state index contributed by atoms with van der Waals surface area (Å²) in [6.45, 7) is 5.47. The summed E-state index contributed by atoms with van der Waals surface area (Å²) in [6, 6.07) is 0. The molecule has 0 rings (SSSR count). The van der Waals surface area contributed by atoms with Gasteiger partial charge in [0.15, 0.2) is 5.96 Å². The molecule has 0 heterocycles. The van der Waals surface area contributed by atoms with E-state index in [9.17, 15) is 0 Å². The molecule has 72 valence electrons. The molecule has 0 aliphatic carbocycles. The number of guanidine groups is 1. The molecule has 12 heavy (non-hydrogen) atoms. The molecule has 0 aliphatic rings. The van der Waals surface area contributed by atoms with E-state index in [2.05, 4.69) is 4.99 Å². The molecule has 0 aromatic rings. The second kappa shape index (κ2) is 6.87. The Bertz CT molecular complexity index is 135. The number of rotatable bonds is 6. The summed E-state index contributed by atoms with van der Waals surface area (Å²) in [5.74, 6) is 0.0407. The molecule has 5 nitrogen and oxygen atoms in total. The zero-order valence-corrected chi connectivity index (χ0v) is 7.62. The molecule has 1 atom stereocenters. The molecule has 0 fully saturated rings. The molecule has 0 bridgehead atoms. The summed E-state index contributed by atoms with van der Waals surface area (Å²) in [6.07, 6.45) is -0.296. The lowest BCUT2D eigenvalue weighted by Crippen LogP contribution is -2.26. The molecule has 4 N–H and O–H groups in total. The predicted octanol–water partition coefficient (Wildman–Crippen LogP) is -0.341. The predicted molar refractivity (Wildman–Crippen MR) is 47.7 cm³/mol. The van der Waals surface area contributed by atoms with Crippen LogP contribution in [-0.2, 0) is 9.47 Å². The van der Waals surface area contributed by atoms with Crippen molar-refractivity contribution in [1.82, 2.24) is 0 Å². The highest BCUT2D eigenvalue weighted by Crippen LogP contribution is 1.91. The third-order valence-corrected chi connectivity index (χ3v) is 1.12. The Hall–Kier alpha value is -0.810. The number of nitrogens with zero attached hydrogens (tertiary/aromatic N) is 1. The van der Waals surface area contributed by atoms with Gasteiger partial charge in [0, 0.05) is 6.61 Å². The van der Waals surface area contributed by atoms with Gasteiger partial charge >= 0.3 is 0 Å². The molecular formula is C7H17N3O2. The fraction of sp³-hybridized carbons (Fsp3) is 0.857. The highest BCUT2D eigenvalue weighted by Gasteiger charge is 1.97. The van der Waals surface area contributed by atoms with Crippen molar-refractivity contribution in [3.8, 4) is 0 Å². The van der Waals surface area contributed by atoms with Gasteiger partial charge in [-0.3, -0.25) is 0 Å². The van der Waals surface area contributed by atoms with E-state index in [0.29, 0.717) is 19.8 Å². The summed E-state index contributed by atoms with van der Waals surface area (Å²) in [5.41, 5.74) is 10.3. The standard InChI is InChI=1S/C7H17N3O2/c1-3-11-4-5-12-6(2)10-7(8)9/h6H,3-5H2,1-2H3,(H4,8,9,10). The van der Waals surface area contributed by atoms with Crippen molar-refractivity contribution in [1.29, 1.82) is 0 Å². The maximum atomic E-state index is 5.18. The number of aliphatic imine (C=N–C) groups is 1. The van der Waals surface area contributed by atoms with Gasteiger partial charge in [0.05, 0.1) is 13.2 Å². The summed E-state index contributed by atoms with van der Waals surface area (Å²) in [5, 5.41) is 0. The van der Waals surface area contributed by atoms with Crippen LogP contribution in [0.1, 0.15) is 13.8 Å². The fourth-order valence-corrected chi connectivity index (χ4v) is 0.669. The molecule has 0 radical (unpaired) electrons. The minimum absolute atomic E-state index is 0.0407. The van der Waals surface area contributed by atoms with Crippen molar-refractivity contribution >= 4 is 5.96 Å². The van der Waals surface area contributed by atoms with E-state index >= 15 is 0 Å². The van der Waals surface area contributed by atoms with E-state index in [-0.39, 0.29) is 12.2 Å². The lowest BCUT2D eigenvalue weighted by molar-refractivity contribution is 0.0192. The first-order chi connectivity index (χ1) is 5.66. The number of ether oxygens (including phenoxy) is 2. The number of hydrogen-bond acceptors (Lipinski definition) is 3. The van der Waals surface area contributed by atoms with Crippen molar-refractivity contribution in [2.24, 2.45) is 16.5 Å². The monoisotopic (exact) mass is 175 g/mol. The van der Waals surface area contributed by atoms with E-state index in [4.69, 9.17) is 20.9 Å². The molecule has 0 aromatic heterocycles. The maximum absolute atomic E-state index is 5.18. The highest BCUT2D eigenvalue weighted by atomic mass is 16.5. The molecule has 5 heteroatoms. The average Bonchev–Trinajstić information content (AvgIpc) is 1.97. The first-order valence-corrected chi connectivity index (χ1v) is 3.95. The van der Waals surface area contributed by atoms with Gasteiger partial charge in [-0.05, 0) is 13.8 Å². The quantitative estimate of drug-likeness (QED) is 0.328. The van der Waals surface area contributed by atoms with Crippen molar-refractivity contribution < 1.29 is 9.47 Å². The van der Waals surface area contributed by atoms with Crippen molar-refractivity contribution in [2.45, 2.75) is 20.1 Å². The van der Waals surface area contributed by atoms with Crippen LogP contribution in [0.25, 0.3) is 0 Å². The zero-order chi connectivity index (χ0) is 9.40. The molecule has 0 aromatic carbocycles. The van der Waals surface area contributed by atoms with Crippen LogP contribution in [0.3, 0.4) is 0 Å². The Morgan fingerprint density at radius 2 is 2.08 bits per heavy atom. The number of hydrogen-bond donors (Lipinski definition) is 2. The van der Waals surface area contributed by atoms with Crippen molar-refractivity contribution in [2.75, 3.05) is 19.8 Å². The van der Waals surface area contributed by atoms with Crippen molar-refractivity contribution in [3.63, 3.8) is 0 Å². The fourth-order valence-electron chi connectivity index (χ4n) is 0.669. The van der Waals surface area contributed by atoms with Gasteiger partial charge in [0.25, 0.3) is 0 Å². The first kappa shape index (κ1) is 11.2. The van der Waals surface area contributed by atoms with Crippen LogP contribution < -0.4 is 11.5 Å². The van der Waals surface area contributed by atoms with Crippen molar-refractivity contribution in [3.05, 3.63) is 0 Å². The lowest BCUT2D eigenvalue weighted by Gasteiger charge is -2.08. The van der Waals surface area contributed by atoms with Crippen LogP contribution in [0.5, 0.6) is 0 Å². The van der Waals surface area contributed by atoms with Gasteiger partial charge in [-0.1, -0.05) is 0 Å². The van der Waals surface area contributed by atoms with Crippen LogP contribution in [0.4, 0.5) is 0 Å². The summed E-state index contributed by atoms with van der Waals surface area (Å²) >= 11 is 0. The molecule has 0 saturated heterocycles. The number of nitrogens with two attached hydrogens (primary N) is 2. The van der Waals surface area contributed by atoms with Gasteiger partial charge in [-0.2, -0.15) is 0 Å². The van der Waals surface area contributed by atoms with Crippen LogP contribution in [0.2, 0.25) is 0 Å². The SMILES string of the molecule is CCOCCOC(C)N=C(N)N. The Morgan fingerprint density at radius 3 is 2.58 bits per heavy atom. The van der Waals surface area contributed by atoms with E-state index in [1.54, 1.807) is 6.92 Å². The molecule has 0 aliphatic heterocycles. The van der Waals surface area contributed by atoms with Crippen LogP contribution >= 0.6 is 0 Å². The average molecular weight is 175 g/mol. The van der Waals surface area contributed by atoms with E-state index in [0.717, 1.165) is 0 Å². The molecule has 0 amide bonds. The second-order valence-electron chi connectivity index (χ2n) is 2.22. The molecule has 0 spiro atoms. The van der Waals surface area contributed by atoms with Crippen LogP contribution in [0.15, 0.2) is 4.99 Å². The molecule has 1 unspecified atom stereocenters. The highest BCUT2D eigenvalue weighted by molar-refractivity contribution is 5.75.